The van der Waals surface area contributed by atoms with Crippen molar-refractivity contribution < 1.29 is 24.6 Å². The number of carboxylic acids is 1. The Balaban J connectivity index is 1.75. The molecule has 2 saturated heterocycles. The van der Waals surface area contributed by atoms with Gasteiger partial charge in [0.1, 0.15) is 11.4 Å². The molecule has 1 aromatic carbocycles. The number of fused-ring (bicyclic) bond motifs is 1. The largest absolute Gasteiger partial charge is 0.480 e. The highest BCUT2D eigenvalue weighted by atomic mass is 32.2. The van der Waals surface area contributed by atoms with Gasteiger partial charge < -0.3 is 20.4 Å². The Morgan fingerprint density at radius 1 is 1.29 bits per heavy atom. The summed E-state index contributed by atoms with van der Waals surface area (Å²) in [6.45, 7) is 3.41. The number of carbonyl (C=O) groups is 3. The lowest BCUT2D eigenvalue weighted by Crippen LogP contribution is -2.79. The highest BCUT2D eigenvalue weighted by molar-refractivity contribution is 8.01. The second kappa shape index (κ2) is 5.49. The van der Waals surface area contributed by atoms with Gasteiger partial charge in [0, 0.05) is 4.75 Å². The number of rotatable bonds is 4. The number of nitrogens with one attached hydrogen (secondary N) is 1. The average Bonchev–Trinajstić information content (AvgIpc) is 2.77. The third-order valence-electron chi connectivity index (χ3n) is 4.29. The number of β-lactam (4-membered cyclic amide) rings is 1. The fraction of sp³-hybridized carbons (Fsp3) is 0.438. The van der Waals surface area contributed by atoms with Gasteiger partial charge in [-0.1, -0.05) is 30.3 Å². The van der Waals surface area contributed by atoms with E-state index in [2.05, 4.69) is 5.32 Å². The van der Waals surface area contributed by atoms with Crippen LogP contribution in [-0.2, 0) is 20.8 Å². The molecular formula is C16H18N2O5S. The van der Waals surface area contributed by atoms with Crippen LogP contribution in [0.3, 0.4) is 0 Å². The zero-order chi connectivity index (χ0) is 17.7. The summed E-state index contributed by atoms with van der Waals surface area (Å²) in [6.07, 6.45) is 0.0273. The van der Waals surface area contributed by atoms with E-state index in [1.165, 1.54) is 11.8 Å². The van der Waals surface area contributed by atoms with E-state index >= 15 is 0 Å². The molecule has 0 aromatic heterocycles. The maximum absolute atomic E-state index is 12.3. The third kappa shape index (κ3) is 2.46. The van der Waals surface area contributed by atoms with E-state index in [-0.39, 0.29) is 6.42 Å². The molecule has 0 spiro atoms. The van der Waals surface area contributed by atoms with Crippen LogP contribution in [0.4, 0.5) is 0 Å². The summed E-state index contributed by atoms with van der Waals surface area (Å²) >= 11 is 1.17. The Labute approximate surface area is 143 Å². The van der Waals surface area contributed by atoms with Gasteiger partial charge in [-0.2, -0.15) is 0 Å². The van der Waals surface area contributed by atoms with E-state index in [4.69, 9.17) is 0 Å². The lowest BCUT2D eigenvalue weighted by molar-refractivity contribution is -0.194. The highest BCUT2D eigenvalue weighted by Gasteiger charge is 2.72. The van der Waals surface area contributed by atoms with Crippen molar-refractivity contribution in [3.8, 4) is 0 Å². The zero-order valence-corrected chi connectivity index (χ0v) is 14.0. The Morgan fingerprint density at radius 2 is 1.92 bits per heavy atom. The van der Waals surface area contributed by atoms with Crippen molar-refractivity contribution in [1.82, 2.24) is 10.2 Å². The van der Waals surface area contributed by atoms with E-state index in [0.717, 1.165) is 10.5 Å². The molecule has 0 radical (unpaired) electrons. The van der Waals surface area contributed by atoms with Gasteiger partial charge in [0.15, 0.2) is 0 Å². The molecule has 2 aliphatic heterocycles. The molecule has 8 heteroatoms. The van der Waals surface area contributed by atoms with Crippen LogP contribution in [0.25, 0.3) is 0 Å². The topological polar surface area (TPSA) is 107 Å². The van der Waals surface area contributed by atoms with Crippen LogP contribution in [0, 0.1) is 0 Å². The van der Waals surface area contributed by atoms with Crippen molar-refractivity contribution in [1.29, 1.82) is 0 Å². The first kappa shape index (κ1) is 16.8. The molecule has 2 fully saturated rings. The monoisotopic (exact) mass is 350 g/mol. The van der Waals surface area contributed by atoms with Crippen LogP contribution < -0.4 is 5.32 Å². The Morgan fingerprint density at radius 3 is 2.50 bits per heavy atom. The standard InChI is InChI=1S/C16H18N2O5S/c1-15(2)11(12(20)21)18-13(22)16(23,14(18)24-15)17-10(19)8-9-6-4-3-5-7-9/h3-7,11,14,23H,8H2,1-2H3,(H,17,19)(H,20,21)/t11-,14+,16-/m0/s1. The lowest BCUT2D eigenvalue weighted by atomic mass is 9.93. The maximum Gasteiger partial charge on any atom is 0.327 e. The van der Waals surface area contributed by atoms with Gasteiger partial charge in [-0.3, -0.25) is 9.59 Å². The van der Waals surface area contributed by atoms with E-state index in [0.29, 0.717) is 0 Å². The normalized spacial score (nSPS) is 30.5. The molecule has 0 aliphatic carbocycles. The van der Waals surface area contributed by atoms with Gasteiger partial charge >= 0.3 is 5.97 Å². The Kier molecular flexibility index (Phi) is 3.84. The molecule has 1 aromatic rings. The van der Waals surface area contributed by atoms with Crippen molar-refractivity contribution >= 4 is 29.5 Å². The molecule has 0 saturated carbocycles. The average molecular weight is 350 g/mol. The number of hydrogen-bond donors (Lipinski definition) is 3. The van der Waals surface area contributed by atoms with Gasteiger partial charge in [-0.15, -0.1) is 11.8 Å². The molecule has 2 heterocycles. The predicted octanol–water partition coefficient (Wildman–Crippen LogP) is 0.181. The van der Waals surface area contributed by atoms with Gasteiger partial charge in [-0.25, -0.2) is 4.79 Å². The minimum absolute atomic E-state index is 0.0273. The minimum atomic E-state index is -2.06. The number of benzene rings is 1. The molecule has 3 atom stereocenters. The third-order valence-corrected chi connectivity index (χ3v) is 5.92. The van der Waals surface area contributed by atoms with Gasteiger partial charge in [0.25, 0.3) is 5.91 Å². The second-order valence-corrected chi connectivity index (χ2v) is 8.24. The number of aliphatic carboxylic acids is 1. The second-order valence-electron chi connectivity index (χ2n) is 6.50. The summed E-state index contributed by atoms with van der Waals surface area (Å²) in [7, 11) is 0. The van der Waals surface area contributed by atoms with Crippen molar-refractivity contribution in [3.05, 3.63) is 35.9 Å². The van der Waals surface area contributed by atoms with Crippen molar-refractivity contribution in [2.75, 3.05) is 0 Å². The smallest absolute Gasteiger partial charge is 0.327 e. The van der Waals surface area contributed by atoms with Crippen LogP contribution in [0.5, 0.6) is 0 Å². The Hall–Kier alpha value is -2.06. The lowest BCUT2D eigenvalue weighted by Gasteiger charge is -2.49. The molecule has 0 bridgehead atoms. The molecule has 3 N–H and O–H groups in total. The molecular weight excluding hydrogens is 332 g/mol. The molecule has 3 rings (SSSR count). The van der Waals surface area contributed by atoms with Crippen LogP contribution >= 0.6 is 11.8 Å². The molecule has 24 heavy (non-hydrogen) atoms. The first-order valence-corrected chi connectivity index (χ1v) is 8.35. The summed E-state index contributed by atoms with van der Waals surface area (Å²) in [4.78, 5) is 37.1. The summed E-state index contributed by atoms with van der Waals surface area (Å²) < 4.78 is -0.763. The van der Waals surface area contributed by atoms with Gasteiger partial charge in [0.05, 0.1) is 6.42 Å². The number of amides is 2. The van der Waals surface area contributed by atoms with Gasteiger partial charge in [-0.05, 0) is 19.4 Å². The van der Waals surface area contributed by atoms with Crippen LogP contribution in [-0.4, -0.2) is 54.8 Å². The minimum Gasteiger partial charge on any atom is -0.480 e. The first-order valence-electron chi connectivity index (χ1n) is 7.47. The number of carbonyl (C=O) groups excluding carboxylic acids is 2. The fourth-order valence-electron chi connectivity index (χ4n) is 3.20. The van der Waals surface area contributed by atoms with Gasteiger partial charge in [0.2, 0.25) is 11.6 Å². The van der Waals surface area contributed by atoms with Crippen molar-refractivity contribution in [2.24, 2.45) is 0 Å². The fourth-order valence-corrected chi connectivity index (χ4v) is 4.78. The first-order chi connectivity index (χ1) is 11.2. The van der Waals surface area contributed by atoms with Crippen molar-refractivity contribution in [3.63, 3.8) is 0 Å². The number of hydrogen-bond acceptors (Lipinski definition) is 5. The van der Waals surface area contributed by atoms with E-state index < -0.39 is 39.7 Å². The Bertz CT molecular complexity index is 708. The van der Waals surface area contributed by atoms with Crippen LogP contribution in [0.15, 0.2) is 30.3 Å². The highest BCUT2D eigenvalue weighted by Crippen LogP contribution is 2.53. The number of carboxylic acid groups (broad SMARTS) is 1. The van der Waals surface area contributed by atoms with E-state index in [1.807, 2.05) is 6.07 Å². The number of nitrogens with zero attached hydrogens (tertiary/aromatic N) is 1. The molecule has 2 amide bonds. The molecule has 2 aliphatic rings. The predicted molar refractivity (Wildman–Crippen MR) is 87.0 cm³/mol. The quantitative estimate of drug-likeness (QED) is 0.528. The van der Waals surface area contributed by atoms with E-state index in [9.17, 15) is 24.6 Å². The van der Waals surface area contributed by atoms with E-state index in [1.54, 1.807) is 38.1 Å². The SMILES string of the molecule is CC1(C)S[C@H]2N(C(=O)[C@@]2(O)NC(=O)Cc2ccccc2)[C@H]1C(=O)O. The maximum atomic E-state index is 12.3. The van der Waals surface area contributed by atoms with Crippen LogP contribution in [0.1, 0.15) is 19.4 Å². The zero-order valence-electron chi connectivity index (χ0n) is 13.2. The molecule has 7 nitrogen and oxygen atoms in total. The summed E-state index contributed by atoms with van der Waals surface area (Å²) in [5.41, 5.74) is -1.30. The summed E-state index contributed by atoms with van der Waals surface area (Å²) in [5, 5.41) is 21.5. The number of aliphatic hydroxyl groups is 1. The summed E-state index contributed by atoms with van der Waals surface area (Å²) in [5.74, 6) is -2.39. The molecule has 0 unspecified atom stereocenters. The number of thioether (sulfide) groups is 1. The molecule has 128 valence electrons. The van der Waals surface area contributed by atoms with Crippen LogP contribution in [0.2, 0.25) is 0 Å². The summed E-state index contributed by atoms with van der Waals surface area (Å²) in [6, 6.07) is 7.91. The van der Waals surface area contributed by atoms with Crippen molar-refractivity contribution in [2.45, 2.75) is 42.2 Å².